The average molecular weight is 498 g/mol. The number of ketones is 3. The molecule has 0 spiro atoms. The Morgan fingerprint density at radius 1 is 1.03 bits per heavy atom. The van der Waals surface area contributed by atoms with Crippen molar-refractivity contribution in [3.63, 3.8) is 0 Å². The number of esters is 2. The molecule has 190 valence electrons. The van der Waals surface area contributed by atoms with Crippen molar-refractivity contribution in [2.24, 2.45) is 11.8 Å². The predicted octanol–water partition coefficient (Wildman–Crippen LogP) is 2.33. The third kappa shape index (κ3) is 3.59. The van der Waals surface area contributed by atoms with Crippen LogP contribution in [-0.4, -0.2) is 59.2 Å². The van der Waals surface area contributed by atoms with Gasteiger partial charge in [0, 0.05) is 51.5 Å². The minimum atomic E-state index is -2.22. The van der Waals surface area contributed by atoms with Gasteiger partial charge in [-0.05, 0) is 43.4 Å². The number of aromatic hydroxyl groups is 1. The van der Waals surface area contributed by atoms with Crippen LogP contribution in [0, 0.1) is 11.8 Å². The first-order valence-corrected chi connectivity index (χ1v) is 11.5. The lowest BCUT2D eigenvalue weighted by Gasteiger charge is -2.49. The summed E-state index contributed by atoms with van der Waals surface area (Å²) in [5.41, 5.74) is -1.53. The number of carbonyl (C=O) groups excluding carboxylic acids is 5. The molecule has 3 aliphatic rings. The van der Waals surface area contributed by atoms with E-state index in [0.717, 1.165) is 20.8 Å². The zero-order valence-electron chi connectivity index (χ0n) is 20.6. The normalized spacial score (nSPS) is 25.0. The molecule has 36 heavy (non-hydrogen) atoms. The van der Waals surface area contributed by atoms with Crippen LogP contribution in [0.1, 0.15) is 49.5 Å². The summed E-state index contributed by atoms with van der Waals surface area (Å²) in [5.74, 6) is -6.84. The number of carbonyl (C=O) groups is 5. The van der Waals surface area contributed by atoms with E-state index in [9.17, 15) is 34.2 Å². The summed E-state index contributed by atoms with van der Waals surface area (Å²) < 4.78 is 11.1. The molecule has 0 radical (unpaired) electrons. The van der Waals surface area contributed by atoms with E-state index in [1.54, 1.807) is 25.1 Å². The minimum Gasteiger partial charge on any atom is -0.507 e. The molecule has 0 aliphatic heterocycles. The maximum atomic E-state index is 13.9. The van der Waals surface area contributed by atoms with Gasteiger partial charge in [-0.2, -0.15) is 0 Å². The van der Waals surface area contributed by atoms with Gasteiger partial charge in [0.15, 0.2) is 28.9 Å². The fourth-order valence-corrected chi connectivity index (χ4v) is 5.77. The quantitative estimate of drug-likeness (QED) is 0.469. The summed E-state index contributed by atoms with van der Waals surface area (Å²) in [5, 5.41) is 21.9. The number of hydrogen-bond acceptors (Lipinski definition) is 10. The summed E-state index contributed by atoms with van der Waals surface area (Å²) >= 11 is 0. The minimum absolute atomic E-state index is 0.00988. The van der Waals surface area contributed by atoms with Crippen LogP contribution in [-0.2, 0) is 35.1 Å². The second kappa shape index (κ2) is 8.61. The molecule has 0 fully saturated rings. The van der Waals surface area contributed by atoms with Crippen molar-refractivity contribution >= 4 is 35.0 Å². The van der Waals surface area contributed by atoms with Crippen LogP contribution in [0.4, 0.5) is 5.69 Å². The van der Waals surface area contributed by atoms with Crippen molar-refractivity contribution in [3.8, 4) is 5.75 Å². The molecule has 0 heterocycles. The van der Waals surface area contributed by atoms with Gasteiger partial charge in [-0.15, -0.1) is 0 Å². The molecular formula is C26H27NO9. The van der Waals surface area contributed by atoms with E-state index in [1.807, 2.05) is 0 Å². The molecular weight excluding hydrogens is 470 g/mol. The molecule has 0 unspecified atom stereocenters. The molecule has 3 atom stereocenters. The monoisotopic (exact) mass is 497 g/mol. The maximum Gasteiger partial charge on any atom is 0.307 e. The molecule has 0 amide bonds. The van der Waals surface area contributed by atoms with Gasteiger partial charge >= 0.3 is 11.9 Å². The van der Waals surface area contributed by atoms with E-state index < -0.39 is 63.8 Å². The second-order valence-corrected chi connectivity index (χ2v) is 9.59. The van der Waals surface area contributed by atoms with Crippen LogP contribution in [0.3, 0.4) is 0 Å². The van der Waals surface area contributed by atoms with Gasteiger partial charge in [0.25, 0.3) is 0 Å². The molecule has 2 N–H and O–H groups in total. The number of aliphatic hydroxyl groups excluding tert-OH is 1. The Kier molecular flexibility index (Phi) is 6.02. The largest absolute Gasteiger partial charge is 0.507 e. The number of aliphatic hydroxyl groups is 1. The number of Topliss-reactive ketones (excluding diaryl/α,β-unsaturated/α-hetero) is 3. The first-order chi connectivity index (χ1) is 16.8. The van der Waals surface area contributed by atoms with Crippen molar-refractivity contribution in [1.82, 2.24) is 0 Å². The fourth-order valence-electron chi connectivity index (χ4n) is 5.77. The van der Waals surface area contributed by atoms with E-state index in [1.165, 1.54) is 6.07 Å². The maximum absolute atomic E-state index is 13.9. The van der Waals surface area contributed by atoms with Crippen LogP contribution < -0.4 is 4.90 Å². The van der Waals surface area contributed by atoms with Crippen LogP contribution >= 0.6 is 0 Å². The van der Waals surface area contributed by atoms with E-state index in [2.05, 4.69) is 0 Å². The number of anilines is 1. The highest BCUT2D eigenvalue weighted by Crippen LogP contribution is 2.55. The highest BCUT2D eigenvalue weighted by atomic mass is 16.6. The van der Waals surface area contributed by atoms with Gasteiger partial charge in [-0.3, -0.25) is 24.0 Å². The van der Waals surface area contributed by atoms with E-state index in [4.69, 9.17) is 9.47 Å². The number of nitrogens with zero attached hydrogens (tertiary/aromatic N) is 1. The predicted molar refractivity (Wildman–Crippen MR) is 125 cm³/mol. The number of ether oxygens (including phenoxy) is 2. The summed E-state index contributed by atoms with van der Waals surface area (Å²) in [6.07, 6.45) is 0.0957. The van der Waals surface area contributed by atoms with E-state index in [-0.39, 0.29) is 36.1 Å². The number of allylic oxidation sites excluding steroid dienone is 2. The zero-order chi connectivity index (χ0) is 26.7. The third-order valence-electron chi connectivity index (χ3n) is 7.01. The standard InChI is InChI=1S/C26H27NO9/c1-11(28)20-19(32)10-15-8-14-9-16-17(27(4)5)6-7-18(31)22(16)23(33)21(14)25(35-12(2)29)26(15,24(20)34)36-13(3)30/h6-7,14-15,31,34H,8-10H2,1-5H3/t14-,15+,26-/m1/s1. The summed E-state index contributed by atoms with van der Waals surface area (Å²) in [4.78, 5) is 65.4. The summed E-state index contributed by atoms with van der Waals surface area (Å²) in [7, 11) is 3.59. The Hall–Kier alpha value is -3.95. The van der Waals surface area contributed by atoms with Crippen molar-refractivity contribution in [2.75, 3.05) is 19.0 Å². The smallest absolute Gasteiger partial charge is 0.307 e. The lowest BCUT2D eigenvalue weighted by Crippen LogP contribution is -2.56. The van der Waals surface area contributed by atoms with Gasteiger partial charge in [-0.25, -0.2) is 0 Å². The van der Waals surface area contributed by atoms with Gasteiger partial charge in [-0.1, -0.05) is 0 Å². The van der Waals surface area contributed by atoms with Gasteiger partial charge in [0.1, 0.15) is 11.3 Å². The molecule has 0 aromatic heterocycles. The first kappa shape index (κ1) is 25.2. The van der Waals surface area contributed by atoms with Crippen LogP contribution in [0.15, 0.2) is 34.8 Å². The Morgan fingerprint density at radius 2 is 1.69 bits per heavy atom. The lowest BCUT2D eigenvalue weighted by molar-refractivity contribution is -0.171. The molecule has 1 aromatic rings. The Balaban J connectivity index is 2.10. The van der Waals surface area contributed by atoms with E-state index >= 15 is 0 Å². The van der Waals surface area contributed by atoms with Gasteiger partial charge in [0.05, 0.1) is 5.56 Å². The highest BCUT2D eigenvalue weighted by molar-refractivity contribution is 6.21. The number of phenols is 1. The first-order valence-electron chi connectivity index (χ1n) is 11.5. The SMILES string of the molecule is CC(=O)OC1=C2C(=O)c3c(O)ccc(N(C)C)c3C[C@H]2C[C@H]2CC(=O)C(C(C)=O)=C(O)[C@@]12OC(C)=O. The van der Waals surface area contributed by atoms with Gasteiger partial charge in [0.2, 0.25) is 5.60 Å². The third-order valence-corrected chi connectivity index (χ3v) is 7.01. The average Bonchev–Trinajstić information content (AvgIpc) is 2.74. The molecule has 10 nitrogen and oxygen atoms in total. The molecule has 0 saturated heterocycles. The molecule has 10 heteroatoms. The Bertz CT molecular complexity index is 1300. The number of fused-ring (bicyclic) bond motifs is 3. The second-order valence-electron chi connectivity index (χ2n) is 9.59. The topological polar surface area (TPSA) is 148 Å². The molecule has 3 aliphatic carbocycles. The van der Waals surface area contributed by atoms with Gasteiger partial charge < -0.3 is 24.6 Å². The zero-order valence-corrected chi connectivity index (χ0v) is 20.6. The molecule has 4 rings (SSSR count). The molecule has 0 saturated carbocycles. The van der Waals surface area contributed by atoms with Crippen molar-refractivity contribution in [2.45, 2.75) is 45.6 Å². The van der Waals surface area contributed by atoms with Crippen LogP contribution in [0.2, 0.25) is 0 Å². The number of rotatable bonds is 4. The van der Waals surface area contributed by atoms with Crippen molar-refractivity contribution in [1.29, 1.82) is 0 Å². The Morgan fingerprint density at radius 3 is 2.25 bits per heavy atom. The Labute approximate surface area is 207 Å². The van der Waals surface area contributed by atoms with Crippen molar-refractivity contribution in [3.05, 3.63) is 45.9 Å². The molecule has 1 aromatic carbocycles. The van der Waals surface area contributed by atoms with Crippen LogP contribution in [0.25, 0.3) is 0 Å². The number of benzene rings is 1. The number of hydrogen-bond donors (Lipinski definition) is 2. The molecule has 0 bridgehead atoms. The van der Waals surface area contributed by atoms with E-state index in [0.29, 0.717) is 11.3 Å². The summed E-state index contributed by atoms with van der Waals surface area (Å²) in [6.45, 7) is 3.23. The van der Waals surface area contributed by atoms with Crippen molar-refractivity contribution < 1.29 is 43.7 Å². The lowest BCUT2D eigenvalue weighted by atomic mass is 9.60. The highest BCUT2D eigenvalue weighted by Gasteiger charge is 2.62. The summed E-state index contributed by atoms with van der Waals surface area (Å²) in [6, 6.07) is 3.07. The fraction of sp³-hybridized carbons (Fsp3) is 0.423. The number of phenolic OH excluding ortho intramolecular Hbond substituents is 1. The van der Waals surface area contributed by atoms with Crippen LogP contribution in [0.5, 0.6) is 5.75 Å².